The largest absolute Gasteiger partial charge is 0.477 e. The second kappa shape index (κ2) is 5.47. The van der Waals surface area contributed by atoms with Crippen molar-refractivity contribution in [2.75, 3.05) is 0 Å². The highest BCUT2D eigenvalue weighted by atomic mass is 32.2. The number of rotatable bonds is 6. The number of carboxylic acid groups (broad SMARTS) is 1. The summed E-state index contributed by atoms with van der Waals surface area (Å²) in [6, 6.07) is 1.04. The predicted octanol–water partition coefficient (Wildman–Crippen LogP) is 0.742. The Balaban J connectivity index is 2.08. The van der Waals surface area contributed by atoms with Crippen molar-refractivity contribution in [2.24, 2.45) is 0 Å². The van der Waals surface area contributed by atoms with Crippen LogP contribution >= 0.6 is 0 Å². The van der Waals surface area contributed by atoms with Gasteiger partial charge in [0.1, 0.15) is 16.3 Å². The van der Waals surface area contributed by atoms with Crippen molar-refractivity contribution in [3.8, 4) is 0 Å². The minimum atomic E-state index is -3.81. The molecule has 2 aromatic rings. The Kier molecular flexibility index (Phi) is 3.91. The van der Waals surface area contributed by atoms with Crippen molar-refractivity contribution in [3.63, 3.8) is 0 Å². The molecule has 2 heterocycles. The van der Waals surface area contributed by atoms with Gasteiger partial charge in [-0.15, -0.1) is 0 Å². The Morgan fingerprint density at radius 3 is 2.85 bits per heavy atom. The first-order chi connectivity index (χ1) is 9.42. The number of aryl methyl sites for hydroxylation is 1. The molecule has 0 amide bonds. The Hall–Kier alpha value is -2.13. The van der Waals surface area contributed by atoms with E-state index in [9.17, 15) is 13.2 Å². The van der Waals surface area contributed by atoms with E-state index in [2.05, 4.69) is 14.7 Å². The van der Waals surface area contributed by atoms with Crippen LogP contribution in [0.3, 0.4) is 0 Å². The number of carboxylic acids is 1. The zero-order valence-electron chi connectivity index (χ0n) is 10.6. The third-order valence-corrected chi connectivity index (χ3v) is 3.94. The quantitative estimate of drug-likeness (QED) is 0.722. The molecule has 0 spiro atoms. The Labute approximate surface area is 114 Å². The smallest absolute Gasteiger partial charge is 0.352 e. The van der Waals surface area contributed by atoms with Gasteiger partial charge < -0.3 is 14.5 Å². The van der Waals surface area contributed by atoms with E-state index in [0.29, 0.717) is 12.2 Å². The number of aromatic nitrogens is 2. The standard InChI is InChI=1S/C11H13N3O5S/c1-2-7-4-13-10(19-7)6-14-20(17,18)8-3-9(11(15)16)12-5-8/h3-5,12,14H,2,6H2,1H3,(H,15,16). The van der Waals surface area contributed by atoms with Crippen molar-refractivity contribution >= 4 is 16.0 Å². The zero-order chi connectivity index (χ0) is 14.8. The maximum Gasteiger partial charge on any atom is 0.352 e. The van der Waals surface area contributed by atoms with Crippen LogP contribution in [-0.2, 0) is 23.0 Å². The summed E-state index contributed by atoms with van der Waals surface area (Å²) < 4.78 is 31.4. The molecule has 0 saturated heterocycles. The lowest BCUT2D eigenvalue weighted by Gasteiger charge is -2.01. The molecule has 8 nitrogen and oxygen atoms in total. The van der Waals surface area contributed by atoms with E-state index in [0.717, 1.165) is 12.3 Å². The number of aromatic amines is 1. The average molecular weight is 299 g/mol. The molecule has 0 aliphatic carbocycles. The minimum absolute atomic E-state index is 0.101. The minimum Gasteiger partial charge on any atom is -0.477 e. The van der Waals surface area contributed by atoms with Gasteiger partial charge in [-0.1, -0.05) is 6.92 Å². The van der Waals surface area contributed by atoms with Gasteiger partial charge in [-0.2, -0.15) is 0 Å². The monoisotopic (exact) mass is 299 g/mol. The summed E-state index contributed by atoms with van der Waals surface area (Å²) in [4.78, 5) is 16.8. The molecule has 3 N–H and O–H groups in total. The summed E-state index contributed by atoms with van der Waals surface area (Å²) in [7, 11) is -3.81. The summed E-state index contributed by atoms with van der Waals surface area (Å²) in [6.07, 6.45) is 3.31. The fourth-order valence-electron chi connectivity index (χ4n) is 1.49. The molecule has 20 heavy (non-hydrogen) atoms. The maximum absolute atomic E-state index is 11.9. The summed E-state index contributed by atoms with van der Waals surface area (Å²) in [6.45, 7) is 1.79. The molecular weight excluding hydrogens is 286 g/mol. The topological polar surface area (TPSA) is 125 Å². The van der Waals surface area contributed by atoms with Gasteiger partial charge in [-0.3, -0.25) is 0 Å². The normalized spacial score (nSPS) is 11.7. The van der Waals surface area contributed by atoms with Gasteiger partial charge in [-0.05, 0) is 6.07 Å². The van der Waals surface area contributed by atoms with E-state index < -0.39 is 16.0 Å². The number of H-pyrrole nitrogens is 1. The lowest BCUT2D eigenvalue weighted by atomic mass is 10.4. The SMILES string of the molecule is CCc1cnc(CNS(=O)(=O)c2c[nH]c(C(=O)O)c2)o1. The highest BCUT2D eigenvalue weighted by molar-refractivity contribution is 7.89. The molecule has 0 saturated carbocycles. The first-order valence-corrected chi connectivity index (χ1v) is 7.25. The highest BCUT2D eigenvalue weighted by Gasteiger charge is 2.18. The van der Waals surface area contributed by atoms with Crippen LogP contribution in [0, 0.1) is 0 Å². The number of nitrogens with one attached hydrogen (secondary N) is 2. The average Bonchev–Trinajstić information content (AvgIpc) is 3.05. The van der Waals surface area contributed by atoms with Crippen LogP contribution in [0.5, 0.6) is 0 Å². The summed E-state index contributed by atoms with van der Waals surface area (Å²) >= 11 is 0. The van der Waals surface area contributed by atoms with Crippen molar-refractivity contribution in [1.82, 2.24) is 14.7 Å². The highest BCUT2D eigenvalue weighted by Crippen LogP contribution is 2.12. The molecule has 9 heteroatoms. The number of oxazole rings is 1. The van der Waals surface area contributed by atoms with Gasteiger partial charge in [0.25, 0.3) is 0 Å². The molecule has 0 aromatic carbocycles. The van der Waals surface area contributed by atoms with Gasteiger partial charge in [0.15, 0.2) is 0 Å². The van der Waals surface area contributed by atoms with Gasteiger partial charge in [-0.25, -0.2) is 22.9 Å². The Morgan fingerprint density at radius 2 is 2.30 bits per heavy atom. The van der Waals surface area contributed by atoms with E-state index in [-0.39, 0.29) is 23.0 Å². The number of hydrogen-bond acceptors (Lipinski definition) is 5. The Morgan fingerprint density at radius 1 is 1.55 bits per heavy atom. The molecule has 0 unspecified atom stereocenters. The van der Waals surface area contributed by atoms with Crippen LogP contribution in [0.25, 0.3) is 0 Å². The van der Waals surface area contributed by atoms with Crippen LogP contribution in [0.15, 0.2) is 27.8 Å². The van der Waals surface area contributed by atoms with E-state index >= 15 is 0 Å². The molecular formula is C11H13N3O5S. The first kappa shape index (κ1) is 14.3. The molecule has 0 aliphatic rings. The maximum atomic E-state index is 11.9. The Bertz CT molecular complexity index is 716. The van der Waals surface area contributed by atoms with Crippen molar-refractivity contribution < 1.29 is 22.7 Å². The van der Waals surface area contributed by atoms with Gasteiger partial charge in [0.2, 0.25) is 15.9 Å². The predicted molar refractivity (Wildman–Crippen MR) is 67.7 cm³/mol. The molecule has 108 valence electrons. The first-order valence-electron chi connectivity index (χ1n) is 5.77. The van der Waals surface area contributed by atoms with Crippen LogP contribution < -0.4 is 4.72 Å². The van der Waals surface area contributed by atoms with Crippen LogP contribution in [0.2, 0.25) is 0 Å². The molecule has 2 rings (SSSR count). The van der Waals surface area contributed by atoms with Crippen molar-refractivity contribution in [1.29, 1.82) is 0 Å². The molecule has 0 aliphatic heterocycles. The van der Waals surface area contributed by atoms with Crippen LogP contribution in [0.4, 0.5) is 0 Å². The number of hydrogen-bond donors (Lipinski definition) is 3. The molecule has 0 radical (unpaired) electrons. The van der Waals surface area contributed by atoms with E-state index in [1.165, 1.54) is 6.20 Å². The van der Waals surface area contributed by atoms with Gasteiger partial charge >= 0.3 is 5.97 Å². The van der Waals surface area contributed by atoms with E-state index in [1.807, 2.05) is 6.92 Å². The molecule has 0 atom stereocenters. The van der Waals surface area contributed by atoms with E-state index in [1.54, 1.807) is 0 Å². The number of sulfonamides is 1. The van der Waals surface area contributed by atoms with E-state index in [4.69, 9.17) is 9.52 Å². The molecule has 2 aromatic heterocycles. The number of aromatic carboxylic acids is 1. The second-order valence-electron chi connectivity index (χ2n) is 3.95. The third-order valence-electron chi connectivity index (χ3n) is 2.56. The summed E-state index contributed by atoms with van der Waals surface area (Å²) in [5.41, 5.74) is -0.199. The molecule has 0 fully saturated rings. The summed E-state index contributed by atoms with van der Waals surface area (Å²) in [5.74, 6) is -0.319. The fourth-order valence-corrected chi connectivity index (χ4v) is 2.45. The van der Waals surface area contributed by atoms with Crippen LogP contribution in [-0.4, -0.2) is 29.5 Å². The van der Waals surface area contributed by atoms with Crippen molar-refractivity contribution in [3.05, 3.63) is 35.8 Å². The number of carbonyl (C=O) groups is 1. The second-order valence-corrected chi connectivity index (χ2v) is 5.72. The van der Waals surface area contributed by atoms with Gasteiger partial charge in [0.05, 0.1) is 12.7 Å². The summed E-state index contributed by atoms with van der Waals surface area (Å²) in [5, 5.41) is 8.73. The van der Waals surface area contributed by atoms with Crippen molar-refractivity contribution in [2.45, 2.75) is 24.8 Å². The van der Waals surface area contributed by atoms with Crippen LogP contribution in [0.1, 0.15) is 29.1 Å². The fraction of sp³-hybridized carbons (Fsp3) is 0.273. The zero-order valence-corrected chi connectivity index (χ0v) is 11.4. The number of nitrogens with zero attached hydrogens (tertiary/aromatic N) is 1. The van der Waals surface area contributed by atoms with Gasteiger partial charge in [0, 0.05) is 12.6 Å². The third kappa shape index (κ3) is 3.06. The molecule has 0 bridgehead atoms. The lowest BCUT2D eigenvalue weighted by molar-refractivity contribution is 0.0691. The lowest BCUT2D eigenvalue weighted by Crippen LogP contribution is -2.23.